The van der Waals surface area contributed by atoms with Crippen LogP contribution >= 0.6 is 0 Å². The third-order valence-electron chi connectivity index (χ3n) is 7.25. The standard InChI is InChI=1S/C33H37NO5/c1-20(2)22-10-12-23(13-11-22)29-28(30(35)24-14-17-27(39-7)26(18-24)33(3,4)5)31(36)32(37)34(29)19-21-8-15-25(38-6)16-9-21/h8-18,20,29,35H,19H2,1-7H3/b30-28-. The first-order chi connectivity index (χ1) is 18.5. The van der Waals surface area contributed by atoms with Gasteiger partial charge in [0, 0.05) is 17.7 Å². The van der Waals surface area contributed by atoms with Gasteiger partial charge in [-0.25, -0.2) is 0 Å². The van der Waals surface area contributed by atoms with Crippen molar-refractivity contribution in [3.8, 4) is 11.5 Å². The van der Waals surface area contributed by atoms with Gasteiger partial charge in [-0.1, -0.05) is 71.0 Å². The van der Waals surface area contributed by atoms with Crippen LogP contribution < -0.4 is 9.47 Å². The lowest BCUT2D eigenvalue weighted by Gasteiger charge is -2.26. The van der Waals surface area contributed by atoms with Gasteiger partial charge in [0.1, 0.15) is 17.3 Å². The molecule has 1 atom stereocenters. The second kappa shape index (κ2) is 11.0. The average molecular weight is 528 g/mol. The van der Waals surface area contributed by atoms with E-state index in [1.54, 1.807) is 26.4 Å². The van der Waals surface area contributed by atoms with Gasteiger partial charge in [-0.2, -0.15) is 0 Å². The number of ether oxygens (including phenoxy) is 2. The lowest BCUT2D eigenvalue weighted by atomic mass is 9.84. The van der Waals surface area contributed by atoms with Crippen LogP contribution in [0.25, 0.3) is 5.76 Å². The summed E-state index contributed by atoms with van der Waals surface area (Å²) in [5.74, 6) is 0.189. The zero-order chi connectivity index (χ0) is 28.5. The van der Waals surface area contributed by atoms with E-state index in [1.165, 1.54) is 4.90 Å². The summed E-state index contributed by atoms with van der Waals surface area (Å²) in [7, 11) is 3.20. The van der Waals surface area contributed by atoms with E-state index < -0.39 is 17.7 Å². The number of benzene rings is 3. The highest BCUT2D eigenvalue weighted by atomic mass is 16.5. The fourth-order valence-electron chi connectivity index (χ4n) is 4.98. The minimum atomic E-state index is -0.742. The number of amides is 1. The molecule has 0 aromatic heterocycles. The Morgan fingerprint density at radius 2 is 1.56 bits per heavy atom. The Balaban J connectivity index is 1.87. The number of aliphatic hydroxyl groups excluding tert-OH is 1. The highest BCUT2D eigenvalue weighted by molar-refractivity contribution is 6.46. The van der Waals surface area contributed by atoms with E-state index in [-0.39, 0.29) is 23.3 Å². The Labute approximate surface area is 230 Å². The second-order valence-corrected chi connectivity index (χ2v) is 11.3. The van der Waals surface area contributed by atoms with Crippen molar-refractivity contribution < 1.29 is 24.2 Å². The maximum Gasteiger partial charge on any atom is 0.295 e. The molecular weight excluding hydrogens is 490 g/mol. The number of likely N-dealkylation sites (tertiary alicyclic amines) is 1. The molecule has 0 saturated carbocycles. The Morgan fingerprint density at radius 1 is 0.923 bits per heavy atom. The molecule has 3 aromatic rings. The molecule has 0 bridgehead atoms. The molecule has 0 aliphatic carbocycles. The molecule has 0 spiro atoms. The van der Waals surface area contributed by atoms with Gasteiger partial charge < -0.3 is 19.5 Å². The van der Waals surface area contributed by atoms with Crippen molar-refractivity contribution in [3.05, 3.63) is 100 Å². The second-order valence-electron chi connectivity index (χ2n) is 11.3. The minimum Gasteiger partial charge on any atom is -0.507 e. The van der Waals surface area contributed by atoms with Crippen LogP contribution in [0.4, 0.5) is 0 Å². The third-order valence-corrected chi connectivity index (χ3v) is 7.25. The number of aliphatic hydroxyl groups is 1. The Morgan fingerprint density at radius 3 is 2.10 bits per heavy atom. The highest BCUT2D eigenvalue weighted by Gasteiger charge is 2.46. The fraction of sp³-hybridized carbons (Fsp3) is 0.333. The van der Waals surface area contributed by atoms with Gasteiger partial charge in [-0.15, -0.1) is 0 Å². The van der Waals surface area contributed by atoms with Gasteiger partial charge in [0.15, 0.2) is 0 Å². The van der Waals surface area contributed by atoms with Crippen molar-refractivity contribution in [2.75, 3.05) is 14.2 Å². The third kappa shape index (κ3) is 5.56. The lowest BCUT2D eigenvalue weighted by Crippen LogP contribution is -2.29. The molecule has 1 aliphatic heterocycles. The van der Waals surface area contributed by atoms with Gasteiger partial charge in [-0.05, 0) is 58.4 Å². The number of carbonyl (C=O) groups excluding carboxylic acids is 2. The van der Waals surface area contributed by atoms with Crippen molar-refractivity contribution >= 4 is 17.4 Å². The SMILES string of the molecule is COc1ccc(CN2C(=O)C(=O)/C(=C(\O)c3ccc(OC)c(C(C)(C)C)c3)C2c2ccc(C(C)C)cc2)cc1. The van der Waals surface area contributed by atoms with E-state index in [0.717, 1.165) is 22.3 Å². The highest BCUT2D eigenvalue weighted by Crippen LogP contribution is 2.42. The molecule has 1 fully saturated rings. The van der Waals surface area contributed by atoms with E-state index >= 15 is 0 Å². The van der Waals surface area contributed by atoms with Crippen LogP contribution in [0.3, 0.4) is 0 Å². The zero-order valence-corrected chi connectivity index (χ0v) is 23.7. The Hall–Kier alpha value is -4.06. The Bertz CT molecular complexity index is 1400. The van der Waals surface area contributed by atoms with Gasteiger partial charge in [-0.3, -0.25) is 9.59 Å². The van der Waals surface area contributed by atoms with E-state index in [4.69, 9.17) is 9.47 Å². The first kappa shape index (κ1) is 28.0. The fourth-order valence-corrected chi connectivity index (χ4v) is 4.98. The summed E-state index contributed by atoms with van der Waals surface area (Å²) in [6.07, 6.45) is 0. The quantitative estimate of drug-likeness (QED) is 0.209. The molecule has 6 nitrogen and oxygen atoms in total. The number of Topliss-reactive ketones (excluding diaryl/α,β-unsaturated/α-hetero) is 1. The molecule has 39 heavy (non-hydrogen) atoms. The summed E-state index contributed by atoms with van der Waals surface area (Å²) in [5, 5.41) is 11.6. The van der Waals surface area contributed by atoms with Crippen molar-refractivity contribution in [2.24, 2.45) is 0 Å². The number of rotatable bonds is 7. The van der Waals surface area contributed by atoms with Crippen LogP contribution in [-0.4, -0.2) is 35.9 Å². The lowest BCUT2D eigenvalue weighted by molar-refractivity contribution is -0.140. The molecule has 1 heterocycles. The van der Waals surface area contributed by atoms with Crippen LogP contribution in [0.15, 0.2) is 72.3 Å². The molecule has 1 N–H and O–H groups in total. The van der Waals surface area contributed by atoms with Crippen LogP contribution in [0.2, 0.25) is 0 Å². The largest absolute Gasteiger partial charge is 0.507 e. The molecule has 1 unspecified atom stereocenters. The number of hydrogen-bond acceptors (Lipinski definition) is 5. The minimum absolute atomic E-state index is 0.0795. The van der Waals surface area contributed by atoms with Crippen molar-refractivity contribution in [2.45, 2.75) is 58.5 Å². The molecule has 204 valence electrons. The van der Waals surface area contributed by atoms with Crippen molar-refractivity contribution in [1.29, 1.82) is 0 Å². The Kier molecular flexibility index (Phi) is 7.86. The molecular formula is C33H37NO5. The topological polar surface area (TPSA) is 76.1 Å². The molecule has 1 amide bonds. The molecule has 3 aromatic carbocycles. The summed E-state index contributed by atoms with van der Waals surface area (Å²) in [6.45, 7) is 10.6. The van der Waals surface area contributed by atoms with Crippen molar-refractivity contribution in [3.63, 3.8) is 0 Å². The summed E-state index contributed by atoms with van der Waals surface area (Å²) < 4.78 is 10.8. The van der Waals surface area contributed by atoms with Crippen LogP contribution in [0.5, 0.6) is 11.5 Å². The number of carbonyl (C=O) groups is 2. The van der Waals surface area contributed by atoms with Crippen LogP contribution in [0, 0.1) is 0 Å². The van der Waals surface area contributed by atoms with Crippen LogP contribution in [0.1, 0.15) is 74.4 Å². The summed E-state index contributed by atoms with van der Waals surface area (Å²) in [5.41, 5.74) is 3.92. The zero-order valence-electron chi connectivity index (χ0n) is 23.7. The molecule has 1 saturated heterocycles. The first-order valence-electron chi connectivity index (χ1n) is 13.2. The maximum atomic E-state index is 13.5. The summed E-state index contributed by atoms with van der Waals surface area (Å²) in [6, 6.07) is 19.9. The van der Waals surface area contributed by atoms with Gasteiger partial charge in [0.2, 0.25) is 0 Å². The van der Waals surface area contributed by atoms with Gasteiger partial charge in [0.25, 0.3) is 11.7 Å². The van der Waals surface area contributed by atoms with E-state index in [0.29, 0.717) is 23.0 Å². The normalized spacial score (nSPS) is 17.1. The molecule has 0 radical (unpaired) electrons. The van der Waals surface area contributed by atoms with Gasteiger partial charge >= 0.3 is 0 Å². The average Bonchev–Trinajstić information content (AvgIpc) is 3.17. The molecule has 1 aliphatic rings. The first-order valence-corrected chi connectivity index (χ1v) is 13.2. The smallest absolute Gasteiger partial charge is 0.295 e. The number of nitrogens with zero attached hydrogens (tertiary/aromatic N) is 1. The van der Waals surface area contributed by atoms with E-state index in [9.17, 15) is 14.7 Å². The summed E-state index contributed by atoms with van der Waals surface area (Å²) in [4.78, 5) is 28.5. The van der Waals surface area contributed by atoms with E-state index in [2.05, 4.69) is 34.6 Å². The predicted octanol–water partition coefficient (Wildman–Crippen LogP) is 6.75. The van der Waals surface area contributed by atoms with Gasteiger partial charge in [0.05, 0.1) is 25.8 Å². The number of ketones is 1. The molecule has 4 rings (SSSR count). The number of hydrogen-bond donors (Lipinski definition) is 1. The molecule has 6 heteroatoms. The summed E-state index contributed by atoms with van der Waals surface area (Å²) >= 11 is 0. The monoisotopic (exact) mass is 527 g/mol. The van der Waals surface area contributed by atoms with Crippen LogP contribution in [-0.2, 0) is 21.5 Å². The number of methoxy groups -OCH3 is 2. The van der Waals surface area contributed by atoms with Crippen molar-refractivity contribution in [1.82, 2.24) is 4.90 Å². The van der Waals surface area contributed by atoms with E-state index in [1.807, 2.05) is 54.6 Å². The predicted molar refractivity (Wildman–Crippen MR) is 153 cm³/mol. The maximum absolute atomic E-state index is 13.5.